The van der Waals surface area contributed by atoms with E-state index in [1.165, 1.54) is 0 Å². The molecule has 2 aromatic carbocycles. The normalized spacial score (nSPS) is 11.5. The van der Waals surface area contributed by atoms with Crippen molar-refractivity contribution in [2.24, 2.45) is 0 Å². The zero-order valence-electron chi connectivity index (χ0n) is 15.4. The highest BCUT2D eigenvalue weighted by Gasteiger charge is 2.25. The van der Waals surface area contributed by atoms with E-state index in [-0.39, 0.29) is 11.4 Å². The molecule has 4 rings (SSSR count). The molecule has 0 amide bonds. The lowest BCUT2D eigenvalue weighted by Gasteiger charge is -2.10. The van der Waals surface area contributed by atoms with Gasteiger partial charge in [-0.2, -0.15) is 16.6 Å². The van der Waals surface area contributed by atoms with E-state index >= 15 is 0 Å². The summed E-state index contributed by atoms with van der Waals surface area (Å²) in [6.45, 7) is 2.80. The van der Waals surface area contributed by atoms with E-state index in [2.05, 4.69) is 17.6 Å². The van der Waals surface area contributed by atoms with Crippen LogP contribution in [0.1, 0.15) is 22.8 Å². The second-order valence-corrected chi connectivity index (χ2v) is 7.19. The van der Waals surface area contributed by atoms with Gasteiger partial charge in [0.05, 0.1) is 11.3 Å². The van der Waals surface area contributed by atoms with Crippen LogP contribution in [0.3, 0.4) is 0 Å². The standard InChI is InChI=1S/C24H18N2OS/c1-2-26-21-11-7-6-10-20(21)22(23(26)18-8-4-3-5-9-18)24(27)19(15-25)14-17-12-13-28-16-17/h3-14,16H,2H2,1H3/b19-14+. The van der Waals surface area contributed by atoms with Crippen molar-refractivity contribution in [1.82, 2.24) is 4.57 Å². The molecule has 0 saturated heterocycles. The summed E-state index contributed by atoms with van der Waals surface area (Å²) in [5.41, 5.74) is 4.44. The number of aryl methyl sites for hydroxylation is 1. The van der Waals surface area contributed by atoms with Crippen LogP contribution in [-0.4, -0.2) is 10.4 Å². The van der Waals surface area contributed by atoms with E-state index in [1.54, 1.807) is 17.4 Å². The van der Waals surface area contributed by atoms with E-state index in [1.807, 2.05) is 71.4 Å². The lowest BCUT2D eigenvalue weighted by molar-refractivity contribution is 0.104. The van der Waals surface area contributed by atoms with Crippen molar-refractivity contribution in [2.75, 3.05) is 0 Å². The molecule has 0 N–H and O–H groups in total. The molecular formula is C24H18N2OS. The average Bonchev–Trinajstić information content (AvgIpc) is 3.37. The highest BCUT2D eigenvalue weighted by molar-refractivity contribution is 7.08. The fraction of sp³-hybridized carbons (Fsp3) is 0.0833. The van der Waals surface area contributed by atoms with Crippen molar-refractivity contribution >= 4 is 34.1 Å². The van der Waals surface area contributed by atoms with Crippen molar-refractivity contribution in [3.05, 3.63) is 88.1 Å². The highest BCUT2D eigenvalue weighted by Crippen LogP contribution is 2.35. The van der Waals surface area contributed by atoms with Crippen LogP contribution in [0.5, 0.6) is 0 Å². The Bertz CT molecular complexity index is 1210. The van der Waals surface area contributed by atoms with Gasteiger partial charge in [-0.05, 0) is 47.0 Å². The molecule has 0 saturated carbocycles. The first-order chi connectivity index (χ1) is 13.7. The number of nitriles is 1. The number of rotatable bonds is 5. The summed E-state index contributed by atoms with van der Waals surface area (Å²) in [5, 5.41) is 14.4. The Labute approximate surface area is 167 Å². The molecule has 136 valence electrons. The molecule has 0 unspecified atom stereocenters. The Hall–Kier alpha value is -3.42. The summed E-state index contributed by atoms with van der Waals surface area (Å²) >= 11 is 1.54. The van der Waals surface area contributed by atoms with E-state index in [9.17, 15) is 10.1 Å². The molecule has 0 aliphatic carbocycles. The topological polar surface area (TPSA) is 45.8 Å². The maximum absolute atomic E-state index is 13.5. The van der Waals surface area contributed by atoms with Gasteiger partial charge in [0.2, 0.25) is 5.78 Å². The molecule has 0 bridgehead atoms. The monoisotopic (exact) mass is 382 g/mol. The summed E-state index contributed by atoms with van der Waals surface area (Å²) in [4.78, 5) is 13.5. The third-order valence-electron chi connectivity index (χ3n) is 4.78. The number of carbonyl (C=O) groups is 1. The van der Waals surface area contributed by atoms with Crippen molar-refractivity contribution in [3.8, 4) is 17.3 Å². The van der Waals surface area contributed by atoms with Gasteiger partial charge in [-0.25, -0.2) is 0 Å². The minimum Gasteiger partial charge on any atom is -0.340 e. The summed E-state index contributed by atoms with van der Waals surface area (Å²) in [5.74, 6) is -0.240. The molecule has 28 heavy (non-hydrogen) atoms. The number of nitrogens with zero attached hydrogens (tertiary/aromatic N) is 2. The van der Waals surface area contributed by atoms with Gasteiger partial charge in [-0.3, -0.25) is 4.79 Å². The summed E-state index contributed by atoms with van der Waals surface area (Å²) in [7, 11) is 0. The number of allylic oxidation sites excluding steroid dienone is 1. The molecule has 0 spiro atoms. The smallest absolute Gasteiger partial charge is 0.206 e. The van der Waals surface area contributed by atoms with Gasteiger partial charge >= 0.3 is 0 Å². The third-order valence-corrected chi connectivity index (χ3v) is 5.48. The van der Waals surface area contributed by atoms with Crippen LogP contribution in [0.2, 0.25) is 0 Å². The van der Waals surface area contributed by atoms with Gasteiger partial charge in [0, 0.05) is 17.4 Å². The van der Waals surface area contributed by atoms with Gasteiger partial charge < -0.3 is 4.57 Å². The van der Waals surface area contributed by atoms with Crippen molar-refractivity contribution in [2.45, 2.75) is 13.5 Å². The molecule has 4 aromatic rings. The lowest BCUT2D eigenvalue weighted by atomic mass is 9.97. The molecule has 4 heteroatoms. The minimum absolute atomic E-state index is 0.148. The number of hydrogen-bond acceptors (Lipinski definition) is 3. The zero-order chi connectivity index (χ0) is 19.5. The Morgan fingerprint density at radius 3 is 2.54 bits per heavy atom. The highest BCUT2D eigenvalue weighted by atomic mass is 32.1. The van der Waals surface area contributed by atoms with Gasteiger partial charge in [0.15, 0.2) is 0 Å². The fourth-order valence-corrected chi connectivity index (χ4v) is 4.18. The van der Waals surface area contributed by atoms with Crippen molar-refractivity contribution in [1.29, 1.82) is 5.26 Å². The van der Waals surface area contributed by atoms with Gasteiger partial charge in [-0.1, -0.05) is 48.5 Å². The van der Waals surface area contributed by atoms with Crippen LogP contribution in [0.15, 0.2) is 77.0 Å². The van der Waals surface area contributed by atoms with Crippen LogP contribution in [-0.2, 0) is 6.54 Å². The predicted octanol–water partition coefficient (Wildman–Crippen LogP) is 6.18. The first kappa shape index (κ1) is 18.0. The van der Waals surface area contributed by atoms with Gasteiger partial charge in [0.1, 0.15) is 11.6 Å². The maximum Gasteiger partial charge on any atom is 0.206 e. The van der Waals surface area contributed by atoms with E-state index in [0.717, 1.165) is 34.3 Å². The van der Waals surface area contributed by atoms with Crippen LogP contribution < -0.4 is 0 Å². The number of ketones is 1. The number of fused-ring (bicyclic) bond motifs is 1. The van der Waals surface area contributed by atoms with E-state index < -0.39 is 0 Å². The molecule has 2 heterocycles. The molecule has 2 aromatic heterocycles. The first-order valence-electron chi connectivity index (χ1n) is 9.10. The average molecular weight is 382 g/mol. The quantitative estimate of drug-likeness (QED) is 0.235. The Kier molecular flexibility index (Phi) is 4.92. The summed E-state index contributed by atoms with van der Waals surface area (Å²) in [6, 6.07) is 21.8. The number of benzene rings is 2. The van der Waals surface area contributed by atoms with E-state index in [0.29, 0.717) is 5.56 Å². The zero-order valence-corrected chi connectivity index (χ0v) is 16.2. The summed E-state index contributed by atoms with van der Waals surface area (Å²) in [6.07, 6.45) is 1.67. The lowest BCUT2D eigenvalue weighted by Crippen LogP contribution is -2.05. The number of thiophene rings is 1. The SMILES string of the molecule is CCn1c(-c2ccccc2)c(C(=O)/C(C#N)=C/c2ccsc2)c2ccccc21. The molecule has 0 aliphatic rings. The van der Waals surface area contributed by atoms with Crippen molar-refractivity contribution < 1.29 is 4.79 Å². The maximum atomic E-state index is 13.5. The number of carbonyl (C=O) groups excluding carboxylic acids is 1. The molecule has 0 radical (unpaired) electrons. The minimum atomic E-state index is -0.240. The Morgan fingerprint density at radius 1 is 1.11 bits per heavy atom. The number of Topliss-reactive ketones (excluding diaryl/α,β-unsaturated/α-hetero) is 1. The summed E-state index contributed by atoms with van der Waals surface area (Å²) < 4.78 is 2.15. The molecule has 0 aliphatic heterocycles. The third kappa shape index (κ3) is 3.06. The number of aromatic nitrogens is 1. The van der Waals surface area contributed by atoms with Crippen LogP contribution in [0.25, 0.3) is 28.2 Å². The fourth-order valence-electron chi connectivity index (χ4n) is 3.56. The van der Waals surface area contributed by atoms with Crippen LogP contribution in [0.4, 0.5) is 0 Å². The molecular weight excluding hydrogens is 364 g/mol. The molecule has 0 fully saturated rings. The Balaban J connectivity index is 2.01. The molecule has 0 atom stereocenters. The van der Waals surface area contributed by atoms with Gasteiger partial charge in [-0.15, -0.1) is 0 Å². The van der Waals surface area contributed by atoms with Crippen LogP contribution in [0, 0.1) is 11.3 Å². The van der Waals surface area contributed by atoms with Gasteiger partial charge in [0.25, 0.3) is 0 Å². The van der Waals surface area contributed by atoms with E-state index in [4.69, 9.17) is 0 Å². The first-order valence-corrected chi connectivity index (χ1v) is 10.0. The number of hydrogen-bond donors (Lipinski definition) is 0. The van der Waals surface area contributed by atoms with Crippen molar-refractivity contribution in [3.63, 3.8) is 0 Å². The second kappa shape index (κ2) is 7.67. The Morgan fingerprint density at radius 2 is 1.86 bits per heavy atom. The number of para-hydroxylation sites is 1. The predicted molar refractivity (Wildman–Crippen MR) is 115 cm³/mol. The largest absolute Gasteiger partial charge is 0.340 e. The second-order valence-electron chi connectivity index (χ2n) is 6.41. The van der Waals surface area contributed by atoms with Crippen LogP contribution >= 0.6 is 11.3 Å². The molecule has 3 nitrogen and oxygen atoms in total.